The van der Waals surface area contributed by atoms with Gasteiger partial charge in [0.25, 0.3) is 5.91 Å². The Morgan fingerprint density at radius 1 is 0.828 bits per heavy atom. The van der Waals surface area contributed by atoms with Crippen LogP contribution in [0.1, 0.15) is 116 Å². The number of imidazole rings is 1. The molecule has 2 rings (SSSR count). The van der Waals surface area contributed by atoms with E-state index in [4.69, 9.17) is 0 Å². The zero-order valence-electron chi connectivity index (χ0n) is 18.5. The summed E-state index contributed by atoms with van der Waals surface area (Å²) >= 11 is 0. The first kappa shape index (κ1) is 23.6. The number of amides is 2. The lowest BCUT2D eigenvalue weighted by Crippen LogP contribution is -2.32. The highest BCUT2D eigenvalue weighted by molar-refractivity contribution is 6.04. The van der Waals surface area contributed by atoms with Crippen molar-refractivity contribution in [2.45, 2.75) is 116 Å². The molecule has 0 bridgehead atoms. The first-order valence-electron chi connectivity index (χ1n) is 12.1. The van der Waals surface area contributed by atoms with Gasteiger partial charge in [0.1, 0.15) is 6.04 Å². The number of carbonyl (C=O) groups excluding carboxylic acids is 2. The fraction of sp³-hybridized carbons (Fsp3) is 0.792. The molecule has 0 aliphatic carbocycles. The van der Waals surface area contributed by atoms with Gasteiger partial charge < -0.3 is 4.57 Å². The molecule has 1 fully saturated rings. The smallest absolute Gasteiger partial charge is 0.252 e. The minimum atomic E-state index is -0.388. The minimum Gasteiger partial charge on any atom is -0.324 e. The number of hydrogen-bond acceptors (Lipinski definition) is 3. The van der Waals surface area contributed by atoms with Crippen LogP contribution < -0.4 is 0 Å². The Morgan fingerprint density at radius 3 is 1.83 bits per heavy atom. The molecule has 29 heavy (non-hydrogen) atoms. The second-order valence-electron chi connectivity index (χ2n) is 8.56. The molecule has 1 aliphatic heterocycles. The van der Waals surface area contributed by atoms with Crippen LogP contribution in [0.15, 0.2) is 18.7 Å². The van der Waals surface area contributed by atoms with Crippen molar-refractivity contribution in [3.63, 3.8) is 0 Å². The molecule has 2 amide bonds. The second kappa shape index (κ2) is 14.4. The van der Waals surface area contributed by atoms with Crippen molar-refractivity contribution >= 4 is 11.8 Å². The molecule has 1 saturated heterocycles. The van der Waals surface area contributed by atoms with E-state index >= 15 is 0 Å². The van der Waals surface area contributed by atoms with Gasteiger partial charge in [0.15, 0.2) is 0 Å². The molecule has 0 radical (unpaired) electrons. The lowest BCUT2D eigenvalue weighted by molar-refractivity contribution is -0.139. The zero-order chi connectivity index (χ0) is 20.7. The second-order valence-corrected chi connectivity index (χ2v) is 8.56. The maximum Gasteiger partial charge on any atom is 0.252 e. The fourth-order valence-corrected chi connectivity index (χ4v) is 4.23. The number of hydrogen-bond donors (Lipinski definition) is 0. The highest BCUT2D eigenvalue weighted by Crippen LogP contribution is 2.24. The van der Waals surface area contributed by atoms with E-state index in [-0.39, 0.29) is 24.3 Å². The van der Waals surface area contributed by atoms with E-state index in [2.05, 4.69) is 11.9 Å². The third kappa shape index (κ3) is 8.71. The van der Waals surface area contributed by atoms with Crippen LogP contribution in [0, 0.1) is 0 Å². The van der Waals surface area contributed by atoms with Crippen LogP contribution >= 0.6 is 0 Å². The number of imide groups is 1. The summed E-state index contributed by atoms with van der Waals surface area (Å²) in [7, 11) is 0. The molecular formula is C24H41N3O2. The highest BCUT2D eigenvalue weighted by Gasteiger charge is 2.38. The summed E-state index contributed by atoms with van der Waals surface area (Å²) in [6.07, 6.45) is 25.1. The molecule has 5 heteroatoms. The van der Waals surface area contributed by atoms with Crippen LogP contribution in [0.25, 0.3) is 0 Å². The van der Waals surface area contributed by atoms with Crippen molar-refractivity contribution in [2.24, 2.45) is 0 Å². The number of nitrogens with zero attached hydrogens (tertiary/aromatic N) is 3. The summed E-state index contributed by atoms with van der Waals surface area (Å²) in [5, 5.41) is 0. The lowest BCUT2D eigenvalue weighted by Gasteiger charge is -2.15. The van der Waals surface area contributed by atoms with Crippen molar-refractivity contribution in [2.75, 3.05) is 6.54 Å². The molecule has 1 atom stereocenters. The van der Waals surface area contributed by atoms with E-state index in [1.807, 2.05) is 0 Å². The molecule has 1 aliphatic rings. The molecule has 0 spiro atoms. The van der Waals surface area contributed by atoms with Crippen molar-refractivity contribution < 1.29 is 9.59 Å². The molecule has 1 aromatic heterocycles. The van der Waals surface area contributed by atoms with Crippen LogP contribution in [-0.4, -0.2) is 32.8 Å². The first-order valence-corrected chi connectivity index (χ1v) is 12.1. The largest absolute Gasteiger partial charge is 0.324 e. The number of carbonyl (C=O) groups is 2. The highest BCUT2D eigenvalue weighted by atomic mass is 16.2. The molecule has 0 saturated carbocycles. The molecule has 1 aromatic rings. The number of rotatable bonds is 17. The summed E-state index contributed by atoms with van der Waals surface area (Å²) in [6.45, 7) is 2.84. The SMILES string of the molecule is CCCCCCCCCCCCCCCCCN1C(=O)CC(n2ccnc2)C1=O. The first-order chi connectivity index (χ1) is 14.2. The van der Waals surface area contributed by atoms with Crippen LogP contribution in [0.4, 0.5) is 0 Å². The monoisotopic (exact) mass is 403 g/mol. The Bertz CT molecular complexity index is 571. The molecule has 0 N–H and O–H groups in total. The van der Waals surface area contributed by atoms with Crippen LogP contribution in [0.5, 0.6) is 0 Å². The summed E-state index contributed by atoms with van der Waals surface area (Å²) in [5.74, 6) is -0.113. The zero-order valence-corrected chi connectivity index (χ0v) is 18.5. The maximum absolute atomic E-state index is 12.4. The van der Waals surface area contributed by atoms with Crippen molar-refractivity contribution in [1.82, 2.24) is 14.5 Å². The van der Waals surface area contributed by atoms with Gasteiger partial charge in [0.05, 0.1) is 12.7 Å². The molecule has 164 valence electrons. The molecule has 5 nitrogen and oxygen atoms in total. The Hall–Kier alpha value is -1.65. The Balaban J connectivity index is 1.40. The van der Waals surface area contributed by atoms with Gasteiger partial charge in [-0.25, -0.2) is 4.98 Å². The van der Waals surface area contributed by atoms with Gasteiger partial charge >= 0.3 is 0 Å². The fourth-order valence-electron chi connectivity index (χ4n) is 4.23. The van der Waals surface area contributed by atoms with Crippen LogP contribution in [-0.2, 0) is 9.59 Å². The van der Waals surface area contributed by atoms with Crippen molar-refractivity contribution in [3.8, 4) is 0 Å². The van der Waals surface area contributed by atoms with E-state index in [9.17, 15) is 9.59 Å². The topological polar surface area (TPSA) is 55.2 Å². The Labute approximate surface area is 177 Å². The number of likely N-dealkylation sites (tertiary alicyclic amines) is 1. The predicted octanol–water partition coefficient (Wildman–Crippen LogP) is 6.05. The molecule has 1 unspecified atom stereocenters. The Morgan fingerprint density at radius 2 is 1.34 bits per heavy atom. The van der Waals surface area contributed by atoms with E-state index in [1.54, 1.807) is 23.3 Å². The lowest BCUT2D eigenvalue weighted by atomic mass is 10.0. The molecular weight excluding hydrogens is 362 g/mol. The van der Waals surface area contributed by atoms with Gasteiger partial charge in [0, 0.05) is 18.9 Å². The van der Waals surface area contributed by atoms with Crippen molar-refractivity contribution in [3.05, 3.63) is 18.7 Å². The van der Waals surface area contributed by atoms with Crippen LogP contribution in [0.3, 0.4) is 0 Å². The van der Waals surface area contributed by atoms with Gasteiger partial charge in [-0.1, -0.05) is 96.8 Å². The van der Waals surface area contributed by atoms with E-state index in [0.717, 1.165) is 12.8 Å². The van der Waals surface area contributed by atoms with E-state index in [0.29, 0.717) is 6.54 Å². The summed E-state index contributed by atoms with van der Waals surface area (Å²) in [6, 6.07) is -0.388. The predicted molar refractivity (Wildman–Crippen MR) is 118 cm³/mol. The van der Waals surface area contributed by atoms with Crippen molar-refractivity contribution in [1.29, 1.82) is 0 Å². The average Bonchev–Trinajstić information content (AvgIpc) is 3.34. The van der Waals surface area contributed by atoms with Gasteiger partial charge in [-0.05, 0) is 6.42 Å². The van der Waals surface area contributed by atoms with E-state index in [1.165, 1.54) is 88.4 Å². The van der Waals surface area contributed by atoms with Gasteiger partial charge in [0.2, 0.25) is 5.91 Å². The Kier molecular flexibility index (Phi) is 11.7. The summed E-state index contributed by atoms with van der Waals surface area (Å²) < 4.78 is 1.74. The molecule has 2 heterocycles. The summed E-state index contributed by atoms with van der Waals surface area (Å²) in [4.78, 5) is 30.0. The standard InChI is InChI=1S/C24H41N3O2/c1-2-3-4-5-6-7-8-9-10-11-12-13-14-15-16-18-27-23(28)20-22(24(27)29)26-19-17-25-21-26/h17,19,21-22H,2-16,18,20H2,1H3. The van der Waals surface area contributed by atoms with Gasteiger partial charge in [-0.3, -0.25) is 14.5 Å². The normalized spacial score (nSPS) is 16.9. The third-order valence-corrected chi connectivity index (χ3v) is 6.09. The average molecular weight is 404 g/mol. The minimum absolute atomic E-state index is 0.0425. The van der Waals surface area contributed by atoms with Gasteiger partial charge in [-0.2, -0.15) is 0 Å². The number of unbranched alkanes of at least 4 members (excludes halogenated alkanes) is 14. The maximum atomic E-state index is 12.4. The summed E-state index contributed by atoms with van der Waals surface area (Å²) in [5.41, 5.74) is 0. The van der Waals surface area contributed by atoms with E-state index < -0.39 is 0 Å². The van der Waals surface area contributed by atoms with Gasteiger partial charge in [-0.15, -0.1) is 0 Å². The number of aromatic nitrogens is 2. The third-order valence-electron chi connectivity index (χ3n) is 6.09. The van der Waals surface area contributed by atoms with Crippen LogP contribution in [0.2, 0.25) is 0 Å². The molecule has 0 aromatic carbocycles. The quantitative estimate of drug-likeness (QED) is 0.235.